The SMILES string of the molecule is NC(=O)C1CCN(c2nc(N3CC(N)CC(N)C3)nc(N3CC(N)CC(N)C3)n2)CC1. The normalized spacial score (nSPS) is 30.5. The van der Waals surface area contributed by atoms with Crippen LogP contribution >= 0.6 is 0 Å². The third-order valence-corrected chi connectivity index (χ3v) is 6.38. The Hall–Kier alpha value is -2.28. The lowest BCUT2D eigenvalue weighted by Crippen LogP contribution is -2.54. The average molecular weight is 434 g/mol. The van der Waals surface area contributed by atoms with Crippen molar-refractivity contribution < 1.29 is 4.79 Å². The molecule has 0 spiro atoms. The van der Waals surface area contributed by atoms with E-state index in [2.05, 4.69) is 4.90 Å². The molecule has 1 aromatic rings. The molecule has 3 fully saturated rings. The van der Waals surface area contributed by atoms with Gasteiger partial charge in [-0.3, -0.25) is 4.79 Å². The van der Waals surface area contributed by atoms with Crippen LogP contribution in [0.3, 0.4) is 0 Å². The highest BCUT2D eigenvalue weighted by molar-refractivity contribution is 5.76. The highest BCUT2D eigenvalue weighted by Gasteiger charge is 2.31. The lowest BCUT2D eigenvalue weighted by atomic mass is 9.96. The minimum atomic E-state index is -0.246. The number of anilines is 3. The zero-order valence-corrected chi connectivity index (χ0v) is 17.9. The lowest BCUT2D eigenvalue weighted by molar-refractivity contribution is -0.122. The maximum absolute atomic E-state index is 11.5. The van der Waals surface area contributed by atoms with Crippen molar-refractivity contribution in [3.63, 3.8) is 0 Å². The quantitative estimate of drug-likeness (QED) is 0.331. The fraction of sp³-hybridized carbons (Fsp3) is 0.789. The van der Waals surface area contributed by atoms with Gasteiger partial charge >= 0.3 is 0 Å². The van der Waals surface area contributed by atoms with Gasteiger partial charge in [0.25, 0.3) is 0 Å². The zero-order valence-electron chi connectivity index (χ0n) is 17.9. The number of carbonyl (C=O) groups is 1. The van der Waals surface area contributed by atoms with Crippen molar-refractivity contribution in [2.75, 3.05) is 54.0 Å². The number of rotatable bonds is 4. The summed E-state index contributed by atoms with van der Waals surface area (Å²) in [5.41, 5.74) is 30.3. The Morgan fingerprint density at radius 2 is 1.03 bits per heavy atom. The first-order valence-corrected chi connectivity index (χ1v) is 11.1. The summed E-state index contributed by atoms with van der Waals surface area (Å²) >= 11 is 0. The molecule has 0 saturated carbocycles. The highest BCUT2D eigenvalue weighted by atomic mass is 16.1. The van der Waals surface area contributed by atoms with Gasteiger partial charge in [-0.2, -0.15) is 15.0 Å². The smallest absolute Gasteiger partial charge is 0.232 e. The molecule has 12 nitrogen and oxygen atoms in total. The molecule has 0 aromatic carbocycles. The molecule has 4 heterocycles. The van der Waals surface area contributed by atoms with Crippen LogP contribution in [0, 0.1) is 5.92 Å². The molecule has 1 aromatic heterocycles. The molecule has 3 saturated heterocycles. The summed E-state index contributed by atoms with van der Waals surface area (Å²) in [4.78, 5) is 32.0. The minimum absolute atomic E-state index is 0.0319. The van der Waals surface area contributed by atoms with Gasteiger partial charge in [0.2, 0.25) is 23.8 Å². The molecule has 10 N–H and O–H groups in total. The van der Waals surface area contributed by atoms with Gasteiger partial charge in [-0.05, 0) is 25.7 Å². The number of hydrogen-bond donors (Lipinski definition) is 5. The van der Waals surface area contributed by atoms with E-state index in [9.17, 15) is 4.79 Å². The largest absolute Gasteiger partial charge is 0.369 e. The second-order valence-electron chi connectivity index (χ2n) is 9.22. The summed E-state index contributed by atoms with van der Waals surface area (Å²) in [5.74, 6) is 1.37. The van der Waals surface area contributed by atoms with Crippen LogP contribution in [0.1, 0.15) is 25.7 Å². The molecule has 4 rings (SSSR count). The van der Waals surface area contributed by atoms with Crippen molar-refractivity contribution in [1.29, 1.82) is 0 Å². The summed E-state index contributed by atoms with van der Waals surface area (Å²) in [6.07, 6.45) is 2.92. The Balaban J connectivity index is 1.63. The minimum Gasteiger partial charge on any atom is -0.369 e. The second-order valence-corrected chi connectivity index (χ2v) is 9.22. The van der Waals surface area contributed by atoms with E-state index in [1.54, 1.807) is 0 Å². The Morgan fingerprint density at radius 1 is 0.677 bits per heavy atom. The van der Waals surface area contributed by atoms with Crippen molar-refractivity contribution in [1.82, 2.24) is 15.0 Å². The third-order valence-electron chi connectivity index (χ3n) is 6.38. The molecule has 0 aliphatic carbocycles. The summed E-state index contributed by atoms with van der Waals surface area (Å²) in [6, 6.07) is -0.128. The van der Waals surface area contributed by atoms with Gasteiger partial charge in [0.1, 0.15) is 0 Å². The van der Waals surface area contributed by atoms with Gasteiger partial charge in [-0.15, -0.1) is 0 Å². The average Bonchev–Trinajstić information content (AvgIpc) is 2.72. The first-order chi connectivity index (χ1) is 14.8. The van der Waals surface area contributed by atoms with Crippen LogP contribution < -0.4 is 43.4 Å². The van der Waals surface area contributed by atoms with Crippen molar-refractivity contribution in [2.24, 2.45) is 34.6 Å². The molecule has 4 atom stereocenters. The van der Waals surface area contributed by atoms with Crippen molar-refractivity contribution in [2.45, 2.75) is 49.9 Å². The molecule has 4 unspecified atom stereocenters. The summed E-state index contributed by atoms with van der Waals surface area (Å²) in [6.45, 7) is 3.88. The fourth-order valence-electron chi connectivity index (χ4n) is 4.82. The molecule has 1 amide bonds. The van der Waals surface area contributed by atoms with E-state index < -0.39 is 0 Å². The van der Waals surface area contributed by atoms with E-state index >= 15 is 0 Å². The Labute approximate surface area is 182 Å². The van der Waals surface area contributed by atoms with E-state index in [1.807, 2.05) is 9.80 Å². The molecule has 31 heavy (non-hydrogen) atoms. The van der Waals surface area contributed by atoms with Crippen LogP contribution in [0.2, 0.25) is 0 Å². The Morgan fingerprint density at radius 3 is 1.39 bits per heavy atom. The summed E-state index contributed by atoms with van der Waals surface area (Å²) < 4.78 is 0. The van der Waals surface area contributed by atoms with Gasteiger partial charge in [-0.25, -0.2) is 0 Å². The molecule has 0 radical (unpaired) electrons. The predicted octanol–water partition coefficient (Wildman–Crippen LogP) is -2.70. The molecular formula is C19H35N11O. The number of hydrogen-bond acceptors (Lipinski definition) is 11. The summed E-state index contributed by atoms with van der Waals surface area (Å²) in [5, 5.41) is 0. The number of carbonyl (C=O) groups excluding carboxylic acids is 1. The van der Waals surface area contributed by atoms with Gasteiger partial charge < -0.3 is 43.4 Å². The Bertz CT molecular complexity index is 720. The van der Waals surface area contributed by atoms with Crippen LogP contribution in [0.15, 0.2) is 0 Å². The highest BCUT2D eigenvalue weighted by Crippen LogP contribution is 2.26. The van der Waals surface area contributed by atoms with E-state index in [4.69, 9.17) is 43.6 Å². The fourth-order valence-corrected chi connectivity index (χ4v) is 4.82. The van der Waals surface area contributed by atoms with Crippen LogP contribution in [0.4, 0.5) is 17.8 Å². The number of nitrogens with zero attached hydrogens (tertiary/aromatic N) is 6. The van der Waals surface area contributed by atoms with E-state index in [-0.39, 0.29) is 36.0 Å². The summed E-state index contributed by atoms with van der Waals surface area (Å²) in [7, 11) is 0. The number of piperidine rings is 3. The molecule has 3 aliphatic rings. The van der Waals surface area contributed by atoms with Gasteiger partial charge in [-0.1, -0.05) is 0 Å². The number of primary amides is 1. The van der Waals surface area contributed by atoms with Crippen LogP contribution in [-0.4, -0.2) is 84.3 Å². The monoisotopic (exact) mass is 433 g/mol. The maximum Gasteiger partial charge on any atom is 0.232 e. The first kappa shape index (κ1) is 21.9. The van der Waals surface area contributed by atoms with E-state index in [0.717, 1.165) is 12.8 Å². The Kier molecular flexibility index (Phi) is 6.42. The lowest BCUT2D eigenvalue weighted by Gasteiger charge is -2.38. The molecule has 12 heteroatoms. The van der Waals surface area contributed by atoms with E-state index in [1.165, 1.54) is 0 Å². The molecule has 172 valence electrons. The maximum atomic E-state index is 11.5. The second kappa shape index (κ2) is 9.07. The first-order valence-electron chi connectivity index (χ1n) is 11.1. The number of amides is 1. The predicted molar refractivity (Wildman–Crippen MR) is 120 cm³/mol. The van der Waals surface area contributed by atoms with Crippen LogP contribution in [-0.2, 0) is 4.79 Å². The van der Waals surface area contributed by atoms with Crippen LogP contribution in [0.5, 0.6) is 0 Å². The van der Waals surface area contributed by atoms with Gasteiger partial charge in [0.15, 0.2) is 0 Å². The van der Waals surface area contributed by atoms with Gasteiger partial charge in [0.05, 0.1) is 0 Å². The molecule has 0 bridgehead atoms. The van der Waals surface area contributed by atoms with Crippen molar-refractivity contribution in [3.8, 4) is 0 Å². The number of nitrogens with two attached hydrogens (primary N) is 5. The topological polar surface area (TPSA) is 196 Å². The van der Waals surface area contributed by atoms with Crippen molar-refractivity contribution >= 4 is 23.8 Å². The molecular weight excluding hydrogens is 398 g/mol. The standard InChI is InChI=1S/C19H35N11O/c20-12-5-13(21)8-29(7-12)18-25-17(28-3-1-11(2-4-28)16(24)31)26-19(27-18)30-9-14(22)6-15(23)10-30/h11-15H,1-10,20-23H2,(H2,24,31). The van der Waals surface area contributed by atoms with E-state index in [0.29, 0.717) is 70.0 Å². The van der Waals surface area contributed by atoms with Gasteiger partial charge in [0, 0.05) is 69.4 Å². The van der Waals surface area contributed by atoms with Crippen LogP contribution in [0.25, 0.3) is 0 Å². The third kappa shape index (κ3) is 5.14. The number of aromatic nitrogens is 3. The zero-order chi connectivity index (χ0) is 22.1. The molecule has 3 aliphatic heterocycles. The van der Waals surface area contributed by atoms with Crippen molar-refractivity contribution in [3.05, 3.63) is 0 Å².